The van der Waals surface area contributed by atoms with Crippen LogP contribution >= 0.6 is 11.3 Å². The van der Waals surface area contributed by atoms with Crippen LogP contribution in [0.5, 0.6) is 5.75 Å². The summed E-state index contributed by atoms with van der Waals surface area (Å²) in [7, 11) is 1.66. The molecule has 1 heterocycles. The first kappa shape index (κ1) is 14.1. The zero-order valence-electron chi connectivity index (χ0n) is 11.8. The summed E-state index contributed by atoms with van der Waals surface area (Å²) in [6.45, 7) is 0. The zero-order valence-corrected chi connectivity index (χ0v) is 12.7. The van der Waals surface area contributed by atoms with Crippen LogP contribution in [0.1, 0.15) is 39.9 Å². The van der Waals surface area contributed by atoms with Gasteiger partial charge in [0.2, 0.25) is 0 Å². The van der Waals surface area contributed by atoms with Crippen LogP contribution < -0.4 is 4.74 Å². The standard InChI is InChI=1S/C16H17NO3S/c1-20-12-5-3-2-4-11(12)8-14-17-16(10-6-7-10)13(21-14)9-15(18)19/h2-5,10H,6-9H2,1H3,(H,18,19). The fraction of sp³-hybridized carbons (Fsp3) is 0.375. The van der Waals surface area contributed by atoms with Crippen LogP contribution in [0.15, 0.2) is 24.3 Å². The second kappa shape index (κ2) is 5.85. The average molecular weight is 303 g/mol. The van der Waals surface area contributed by atoms with Crippen LogP contribution in [0.25, 0.3) is 0 Å². The van der Waals surface area contributed by atoms with Crippen molar-refractivity contribution in [3.8, 4) is 5.75 Å². The van der Waals surface area contributed by atoms with E-state index < -0.39 is 5.97 Å². The number of hydrogen-bond donors (Lipinski definition) is 1. The van der Waals surface area contributed by atoms with Gasteiger partial charge in [-0.3, -0.25) is 4.79 Å². The largest absolute Gasteiger partial charge is 0.496 e. The number of methoxy groups -OCH3 is 1. The number of hydrogen-bond acceptors (Lipinski definition) is 4. The fourth-order valence-electron chi connectivity index (χ4n) is 2.44. The van der Waals surface area contributed by atoms with Crippen molar-refractivity contribution in [2.45, 2.75) is 31.6 Å². The van der Waals surface area contributed by atoms with Crippen molar-refractivity contribution in [1.29, 1.82) is 0 Å². The monoisotopic (exact) mass is 303 g/mol. The summed E-state index contributed by atoms with van der Waals surface area (Å²) in [6.07, 6.45) is 3.03. The molecule has 0 saturated heterocycles. The summed E-state index contributed by atoms with van der Waals surface area (Å²) in [4.78, 5) is 16.6. The minimum absolute atomic E-state index is 0.0788. The number of carbonyl (C=O) groups is 1. The van der Waals surface area contributed by atoms with Crippen molar-refractivity contribution in [2.75, 3.05) is 7.11 Å². The van der Waals surface area contributed by atoms with E-state index in [1.807, 2.05) is 24.3 Å². The van der Waals surface area contributed by atoms with Gasteiger partial charge in [-0.05, 0) is 18.9 Å². The van der Waals surface area contributed by atoms with E-state index in [0.717, 1.165) is 39.7 Å². The molecule has 1 aliphatic carbocycles. The maximum absolute atomic E-state index is 11.0. The van der Waals surface area contributed by atoms with Crippen molar-refractivity contribution < 1.29 is 14.6 Å². The third-order valence-corrected chi connectivity index (χ3v) is 4.65. The number of carboxylic acid groups (broad SMARTS) is 1. The van der Waals surface area contributed by atoms with Gasteiger partial charge in [0.1, 0.15) is 5.75 Å². The highest BCUT2D eigenvalue weighted by Gasteiger charge is 2.30. The lowest BCUT2D eigenvalue weighted by molar-refractivity contribution is -0.136. The Kier molecular flexibility index (Phi) is 3.92. The molecule has 0 radical (unpaired) electrons. The Balaban J connectivity index is 1.87. The normalized spacial score (nSPS) is 14.1. The number of nitrogens with zero attached hydrogens (tertiary/aromatic N) is 1. The first-order valence-corrected chi connectivity index (χ1v) is 7.81. The van der Waals surface area contributed by atoms with Gasteiger partial charge in [0, 0.05) is 22.8 Å². The van der Waals surface area contributed by atoms with Gasteiger partial charge >= 0.3 is 5.97 Å². The van der Waals surface area contributed by atoms with E-state index in [0.29, 0.717) is 12.3 Å². The molecule has 2 aromatic rings. The van der Waals surface area contributed by atoms with Gasteiger partial charge in [-0.1, -0.05) is 18.2 Å². The summed E-state index contributed by atoms with van der Waals surface area (Å²) in [5.74, 6) is 0.534. The molecule has 0 bridgehead atoms. The van der Waals surface area contributed by atoms with Crippen LogP contribution in [0.2, 0.25) is 0 Å². The van der Waals surface area contributed by atoms with Gasteiger partial charge in [-0.2, -0.15) is 0 Å². The van der Waals surface area contributed by atoms with E-state index in [1.165, 1.54) is 11.3 Å². The number of rotatable bonds is 6. The molecule has 1 saturated carbocycles. The summed E-state index contributed by atoms with van der Waals surface area (Å²) in [5, 5.41) is 10.0. The summed E-state index contributed by atoms with van der Waals surface area (Å²) < 4.78 is 5.36. The molecule has 0 aliphatic heterocycles. The summed E-state index contributed by atoms with van der Waals surface area (Å²) >= 11 is 1.52. The number of aliphatic carboxylic acids is 1. The second-order valence-corrected chi connectivity index (χ2v) is 6.42. The highest BCUT2D eigenvalue weighted by atomic mass is 32.1. The number of para-hydroxylation sites is 1. The lowest BCUT2D eigenvalue weighted by Crippen LogP contribution is -2.00. The number of ether oxygens (including phenoxy) is 1. The number of thiazole rings is 1. The van der Waals surface area contributed by atoms with Gasteiger partial charge in [0.25, 0.3) is 0 Å². The minimum atomic E-state index is -0.788. The van der Waals surface area contributed by atoms with Gasteiger partial charge in [-0.25, -0.2) is 4.98 Å². The molecule has 1 N–H and O–H groups in total. The van der Waals surface area contributed by atoms with Crippen LogP contribution in [0.4, 0.5) is 0 Å². The Morgan fingerprint density at radius 3 is 2.86 bits per heavy atom. The number of carboxylic acids is 1. The van der Waals surface area contributed by atoms with E-state index in [4.69, 9.17) is 14.8 Å². The molecule has 3 rings (SSSR count). The zero-order chi connectivity index (χ0) is 14.8. The first-order valence-electron chi connectivity index (χ1n) is 6.99. The van der Waals surface area contributed by atoms with Crippen LogP contribution in [0.3, 0.4) is 0 Å². The lowest BCUT2D eigenvalue weighted by Gasteiger charge is -2.05. The molecular weight excluding hydrogens is 286 g/mol. The van der Waals surface area contributed by atoms with Crippen molar-refractivity contribution in [1.82, 2.24) is 4.98 Å². The highest BCUT2D eigenvalue weighted by molar-refractivity contribution is 7.11. The smallest absolute Gasteiger partial charge is 0.308 e. The van der Waals surface area contributed by atoms with Gasteiger partial charge in [0.05, 0.1) is 24.2 Å². The Morgan fingerprint density at radius 1 is 1.43 bits per heavy atom. The van der Waals surface area contributed by atoms with E-state index in [2.05, 4.69) is 0 Å². The molecule has 110 valence electrons. The fourth-order valence-corrected chi connectivity index (χ4v) is 3.61. The predicted octanol–water partition coefficient (Wildman–Crippen LogP) is 3.25. The van der Waals surface area contributed by atoms with Gasteiger partial charge < -0.3 is 9.84 Å². The molecule has 4 nitrogen and oxygen atoms in total. The van der Waals surface area contributed by atoms with Gasteiger partial charge in [0.15, 0.2) is 0 Å². The third kappa shape index (κ3) is 3.24. The molecule has 0 spiro atoms. The topological polar surface area (TPSA) is 59.4 Å². The average Bonchev–Trinajstić information content (AvgIpc) is 3.23. The molecule has 5 heteroatoms. The molecule has 1 aromatic carbocycles. The Labute approximate surface area is 127 Å². The molecule has 0 atom stereocenters. The molecule has 21 heavy (non-hydrogen) atoms. The van der Waals surface area contributed by atoms with E-state index in [-0.39, 0.29) is 6.42 Å². The molecule has 1 aliphatic rings. The maximum atomic E-state index is 11.0. The first-order chi connectivity index (χ1) is 10.2. The Bertz CT molecular complexity index is 661. The molecular formula is C16H17NO3S. The lowest BCUT2D eigenvalue weighted by atomic mass is 10.1. The summed E-state index contributed by atoms with van der Waals surface area (Å²) in [6, 6.07) is 7.87. The van der Waals surface area contributed by atoms with E-state index in [9.17, 15) is 4.79 Å². The minimum Gasteiger partial charge on any atom is -0.496 e. The van der Waals surface area contributed by atoms with Gasteiger partial charge in [-0.15, -0.1) is 11.3 Å². The predicted molar refractivity (Wildman–Crippen MR) is 81.2 cm³/mol. The molecule has 0 unspecified atom stereocenters. The summed E-state index contributed by atoms with van der Waals surface area (Å²) in [5.41, 5.74) is 2.09. The van der Waals surface area contributed by atoms with E-state index >= 15 is 0 Å². The SMILES string of the molecule is COc1ccccc1Cc1nc(C2CC2)c(CC(=O)O)s1. The number of aromatic nitrogens is 1. The van der Waals surface area contributed by atoms with Crippen molar-refractivity contribution >= 4 is 17.3 Å². The van der Waals surface area contributed by atoms with E-state index in [1.54, 1.807) is 7.11 Å². The molecule has 1 fully saturated rings. The molecule has 1 aromatic heterocycles. The van der Waals surface area contributed by atoms with Crippen molar-refractivity contribution in [3.05, 3.63) is 45.4 Å². The highest BCUT2D eigenvalue weighted by Crippen LogP contribution is 2.43. The van der Waals surface area contributed by atoms with Crippen molar-refractivity contribution in [3.63, 3.8) is 0 Å². The number of benzene rings is 1. The Morgan fingerprint density at radius 2 is 2.19 bits per heavy atom. The van der Waals surface area contributed by atoms with Crippen LogP contribution in [0, 0.1) is 0 Å². The van der Waals surface area contributed by atoms with Crippen LogP contribution in [-0.2, 0) is 17.6 Å². The third-order valence-electron chi connectivity index (χ3n) is 3.58. The quantitative estimate of drug-likeness (QED) is 0.890. The maximum Gasteiger partial charge on any atom is 0.308 e. The van der Waals surface area contributed by atoms with Crippen molar-refractivity contribution in [2.24, 2.45) is 0 Å². The second-order valence-electron chi connectivity index (χ2n) is 5.25. The molecule has 0 amide bonds. The Hall–Kier alpha value is -1.88. The van der Waals surface area contributed by atoms with Crippen LogP contribution in [-0.4, -0.2) is 23.2 Å².